The molecule has 1 unspecified atom stereocenters. The van der Waals surface area contributed by atoms with Gasteiger partial charge in [0, 0.05) is 5.56 Å². The first kappa shape index (κ1) is 16.6. The molecule has 0 aliphatic carbocycles. The third kappa shape index (κ3) is 5.30. The monoisotopic (exact) mass is 302 g/mol. The van der Waals surface area contributed by atoms with Crippen LogP contribution in [0.25, 0.3) is 0 Å². The summed E-state index contributed by atoms with van der Waals surface area (Å²) in [7, 11) is -3.45. The minimum absolute atomic E-state index is 0.187. The van der Waals surface area contributed by atoms with Crippen LogP contribution in [-0.4, -0.2) is 36.8 Å². The predicted molar refractivity (Wildman–Crippen MR) is 77.8 cm³/mol. The van der Waals surface area contributed by atoms with E-state index in [1.165, 1.54) is 0 Å². The molecule has 1 heterocycles. The van der Waals surface area contributed by atoms with Gasteiger partial charge in [-0.05, 0) is 18.8 Å². The second-order valence-electron chi connectivity index (χ2n) is 5.19. The van der Waals surface area contributed by atoms with E-state index in [4.69, 9.17) is 0 Å². The number of aromatic amines is 1. The number of rotatable bonds is 7. The number of nitrogens with one attached hydrogen (secondary N) is 3. The van der Waals surface area contributed by atoms with Crippen LogP contribution in [0.1, 0.15) is 32.8 Å². The quantitative estimate of drug-likeness (QED) is 0.695. The highest BCUT2D eigenvalue weighted by Crippen LogP contribution is 2.13. The van der Waals surface area contributed by atoms with Gasteiger partial charge in [0.15, 0.2) is 0 Å². The van der Waals surface area contributed by atoms with Crippen LogP contribution in [0.4, 0.5) is 5.82 Å². The Labute approximate surface area is 119 Å². The first-order valence-electron chi connectivity index (χ1n) is 6.53. The number of anilines is 1. The minimum Gasteiger partial charge on any atom is -0.309 e. The molecule has 1 aromatic rings. The van der Waals surface area contributed by atoms with Gasteiger partial charge in [0.25, 0.3) is 0 Å². The maximum atomic E-state index is 12.2. The third-order valence-corrected chi connectivity index (χ3v) is 3.44. The Kier molecular flexibility index (Phi) is 5.70. The van der Waals surface area contributed by atoms with Gasteiger partial charge in [-0.3, -0.25) is 9.89 Å². The second kappa shape index (κ2) is 6.85. The summed E-state index contributed by atoms with van der Waals surface area (Å²) in [6, 6.07) is -0.794. The van der Waals surface area contributed by atoms with Gasteiger partial charge in [-0.1, -0.05) is 20.8 Å². The number of aromatic nitrogens is 2. The molecule has 1 amide bonds. The summed E-state index contributed by atoms with van der Waals surface area (Å²) >= 11 is 0. The molecule has 0 bridgehead atoms. The molecular weight excluding hydrogens is 280 g/mol. The maximum absolute atomic E-state index is 12.2. The molecule has 8 heteroatoms. The van der Waals surface area contributed by atoms with Crippen molar-refractivity contribution in [3.63, 3.8) is 0 Å². The lowest BCUT2D eigenvalue weighted by Gasteiger charge is -2.18. The van der Waals surface area contributed by atoms with E-state index in [0.717, 1.165) is 18.2 Å². The molecule has 0 saturated heterocycles. The summed E-state index contributed by atoms with van der Waals surface area (Å²) in [5, 5.41) is 9.25. The molecule has 0 radical (unpaired) electrons. The van der Waals surface area contributed by atoms with E-state index < -0.39 is 16.1 Å². The number of carbonyl (C=O) groups excluding carboxylic acids is 1. The molecule has 7 nitrogen and oxygen atoms in total. The predicted octanol–water partition coefficient (Wildman–Crippen LogP) is 0.874. The van der Waals surface area contributed by atoms with Crippen molar-refractivity contribution in [1.82, 2.24) is 14.9 Å². The summed E-state index contributed by atoms with van der Waals surface area (Å²) in [6.45, 7) is 5.80. The number of sulfonamides is 1. The number of hydrogen-bond acceptors (Lipinski definition) is 4. The Balaban J connectivity index is 2.82. The molecule has 0 aliphatic rings. The highest BCUT2D eigenvalue weighted by Gasteiger charge is 2.24. The summed E-state index contributed by atoms with van der Waals surface area (Å²) < 4.78 is 25.0. The van der Waals surface area contributed by atoms with Crippen LogP contribution < -0.4 is 10.0 Å². The van der Waals surface area contributed by atoms with E-state index in [2.05, 4.69) is 20.2 Å². The molecule has 1 aromatic heterocycles. The van der Waals surface area contributed by atoms with Crippen LogP contribution in [0.3, 0.4) is 0 Å². The van der Waals surface area contributed by atoms with Crippen LogP contribution in [0.15, 0.2) is 6.20 Å². The number of H-pyrrole nitrogens is 1. The lowest BCUT2D eigenvalue weighted by atomic mass is 10.0. The number of nitrogens with zero attached hydrogens (tertiary/aromatic N) is 1. The van der Waals surface area contributed by atoms with E-state index >= 15 is 0 Å². The van der Waals surface area contributed by atoms with Gasteiger partial charge < -0.3 is 5.32 Å². The van der Waals surface area contributed by atoms with Crippen molar-refractivity contribution in [1.29, 1.82) is 0 Å². The molecule has 0 spiro atoms. The average molecular weight is 302 g/mol. The molecule has 0 aliphatic heterocycles. The molecular formula is C12H22N4O3S. The Morgan fingerprint density at radius 3 is 2.60 bits per heavy atom. The standard InChI is InChI=1S/C12H22N4O3S/c1-5-9-7-13-15-11(9)14-12(17)10(6-8(2)3)16-20(4,18)19/h7-8,10,16H,5-6H2,1-4H3,(H2,13,14,15,17). The largest absolute Gasteiger partial charge is 0.309 e. The Morgan fingerprint density at radius 2 is 2.10 bits per heavy atom. The van der Waals surface area contributed by atoms with E-state index in [9.17, 15) is 13.2 Å². The van der Waals surface area contributed by atoms with Crippen molar-refractivity contribution >= 4 is 21.7 Å². The van der Waals surface area contributed by atoms with Gasteiger partial charge in [0.05, 0.1) is 12.5 Å². The van der Waals surface area contributed by atoms with Crippen molar-refractivity contribution in [3.8, 4) is 0 Å². The molecule has 20 heavy (non-hydrogen) atoms. The fraction of sp³-hybridized carbons (Fsp3) is 0.667. The van der Waals surface area contributed by atoms with Gasteiger partial charge in [-0.2, -0.15) is 5.10 Å². The molecule has 0 fully saturated rings. The zero-order chi connectivity index (χ0) is 15.3. The number of carbonyl (C=O) groups is 1. The highest BCUT2D eigenvalue weighted by atomic mass is 32.2. The van der Waals surface area contributed by atoms with E-state index in [1.54, 1.807) is 6.20 Å². The third-order valence-electron chi connectivity index (χ3n) is 2.73. The zero-order valence-corrected chi connectivity index (χ0v) is 13.0. The lowest BCUT2D eigenvalue weighted by Crippen LogP contribution is -2.44. The van der Waals surface area contributed by atoms with Crippen LogP contribution in [0.5, 0.6) is 0 Å². The van der Waals surface area contributed by atoms with Crippen molar-refractivity contribution in [2.24, 2.45) is 5.92 Å². The van der Waals surface area contributed by atoms with Crippen molar-refractivity contribution in [2.45, 2.75) is 39.7 Å². The first-order valence-corrected chi connectivity index (χ1v) is 8.42. The van der Waals surface area contributed by atoms with Gasteiger partial charge >= 0.3 is 0 Å². The van der Waals surface area contributed by atoms with Gasteiger partial charge in [0.2, 0.25) is 15.9 Å². The topological polar surface area (TPSA) is 104 Å². The average Bonchev–Trinajstić information content (AvgIpc) is 2.72. The minimum atomic E-state index is -3.45. The molecule has 3 N–H and O–H groups in total. The Bertz CT molecular complexity index is 551. The fourth-order valence-corrected chi connectivity index (χ4v) is 2.56. The van der Waals surface area contributed by atoms with Crippen molar-refractivity contribution in [2.75, 3.05) is 11.6 Å². The zero-order valence-electron chi connectivity index (χ0n) is 12.2. The molecule has 0 aromatic carbocycles. The fourth-order valence-electron chi connectivity index (χ4n) is 1.84. The molecule has 1 atom stereocenters. The van der Waals surface area contributed by atoms with Gasteiger partial charge in [-0.25, -0.2) is 13.1 Å². The van der Waals surface area contributed by atoms with Gasteiger partial charge in [-0.15, -0.1) is 0 Å². The summed E-state index contributed by atoms with van der Waals surface area (Å²) in [5.74, 6) is 0.317. The van der Waals surface area contributed by atoms with Crippen molar-refractivity contribution in [3.05, 3.63) is 11.8 Å². The number of aryl methyl sites for hydroxylation is 1. The van der Waals surface area contributed by atoms with Gasteiger partial charge in [0.1, 0.15) is 11.9 Å². The van der Waals surface area contributed by atoms with Crippen LogP contribution in [0, 0.1) is 5.92 Å². The van der Waals surface area contributed by atoms with Crippen molar-refractivity contribution < 1.29 is 13.2 Å². The normalized spacial score (nSPS) is 13.4. The lowest BCUT2D eigenvalue weighted by molar-refractivity contribution is -0.118. The number of amides is 1. The van der Waals surface area contributed by atoms with E-state index in [1.807, 2.05) is 20.8 Å². The Morgan fingerprint density at radius 1 is 1.45 bits per heavy atom. The Hall–Kier alpha value is -1.41. The van der Waals surface area contributed by atoms with Crippen LogP contribution in [-0.2, 0) is 21.2 Å². The SMILES string of the molecule is CCc1cn[nH]c1NC(=O)C(CC(C)C)NS(C)(=O)=O. The summed E-state index contributed by atoms with van der Waals surface area (Å²) in [5.41, 5.74) is 0.876. The van der Waals surface area contributed by atoms with Crippen LogP contribution >= 0.6 is 0 Å². The highest BCUT2D eigenvalue weighted by molar-refractivity contribution is 7.88. The number of hydrogen-bond donors (Lipinski definition) is 3. The van der Waals surface area contributed by atoms with E-state index in [-0.39, 0.29) is 11.8 Å². The first-order chi connectivity index (χ1) is 9.23. The summed E-state index contributed by atoms with van der Waals surface area (Å²) in [6.07, 6.45) is 3.83. The molecule has 114 valence electrons. The molecule has 1 rings (SSSR count). The van der Waals surface area contributed by atoms with Crippen LogP contribution in [0.2, 0.25) is 0 Å². The second-order valence-corrected chi connectivity index (χ2v) is 6.97. The van der Waals surface area contributed by atoms with E-state index in [0.29, 0.717) is 12.2 Å². The maximum Gasteiger partial charge on any atom is 0.243 e. The molecule has 0 saturated carbocycles. The summed E-state index contributed by atoms with van der Waals surface area (Å²) in [4.78, 5) is 12.2. The smallest absolute Gasteiger partial charge is 0.243 e.